The van der Waals surface area contributed by atoms with Crippen LogP contribution in [0.2, 0.25) is 0 Å². The molecule has 106 valence electrons. The Bertz CT molecular complexity index is 347. The first-order chi connectivity index (χ1) is 7.89. The van der Waals surface area contributed by atoms with Gasteiger partial charge in [0.15, 0.2) is 0 Å². The smallest absolute Gasteiger partial charge is 0.393 e. The zero-order valence-corrected chi connectivity index (χ0v) is 9.18. The van der Waals surface area contributed by atoms with Gasteiger partial charge in [-0.25, -0.2) is 0 Å². The number of hydrogen-bond acceptors (Lipinski definition) is 1. The molecule has 0 aliphatic carbocycles. The fraction of sp³-hybridized carbons (Fsp3) is 0.556. The molecule has 0 radical (unpaired) electrons. The molecule has 0 amide bonds. The van der Waals surface area contributed by atoms with E-state index < -0.39 is 29.4 Å². The molecule has 0 aromatic rings. The Balaban J connectivity index is 5.81. The van der Waals surface area contributed by atoms with Gasteiger partial charge in [0.25, 0.3) is 0 Å². The van der Waals surface area contributed by atoms with Crippen LogP contribution in [0.1, 0.15) is 6.92 Å². The number of nitrogens with one attached hydrogen (secondary N) is 1. The third kappa shape index (κ3) is 3.36. The molecule has 9 heteroatoms. The van der Waals surface area contributed by atoms with E-state index >= 15 is 0 Å². The molecule has 1 N–H and O–H groups in total. The van der Waals surface area contributed by atoms with Crippen LogP contribution in [0.15, 0.2) is 23.4 Å². The summed E-state index contributed by atoms with van der Waals surface area (Å²) in [5.74, 6) is -5.58. The molecule has 0 spiro atoms. The number of rotatable bonds is 3. The number of allylic oxidation sites excluding steroid dienone is 3. The minimum Gasteiger partial charge on any atom is -0.393 e. The van der Waals surface area contributed by atoms with Crippen LogP contribution < -0.4 is 5.32 Å². The summed E-state index contributed by atoms with van der Waals surface area (Å²) in [4.78, 5) is 0. The molecule has 0 unspecified atom stereocenters. The summed E-state index contributed by atoms with van der Waals surface area (Å²) in [5, 5.41) is 1.79. The molecule has 0 aliphatic heterocycles. The Labute approximate surface area is 97.2 Å². The Morgan fingerprint density at radius 2 is 1.33 bits per heavy atom. The van der Waals surface area contributed by atoms with E-state index in [-0.39, 0.29) is 12.3 Å². The highest BCUT2D eigenvalue weighted by Gasteiger charge is 2.62. The van der Waals surface area contributed by atoms with Gasteiger partial charge >= 0.3 is 18.3 Å². The molecule has 0 heterocycles. The highest BCUT2D eigenvalue weighted by atomic mass is 19.4. The molecular weight excluding hydrogens is 274 g/mol. The Hall–Kier alpha value is -1.28. The molecule has 0 atom stereocenters. The van der Waals surface area contributed by atoms with Crippen molar-refractivity contribution in [3.63, 3.8) is 0 Å². The van der Waals surface area contributed by atoms with Crippen LogP contribution in [-0.2, 0) is 0 Å². The van der Waals surface area contributed by atoms with Crippen molar-refractivity contribution in [2.75, 3.05) is 7.05 Å². The second-order valence-corrected chi connectivity index (χ2v) is 3.12. The maximum atomic E-state index is 12.9. The minimum absolute atomic E-state index is 0.0506. The van der Waals surface area contributed by atoms with E-state index in [1.165, 1.54) is 0 Å². The molecule has 0 saturated heterocycles. The molecule has 0 aromatic heterocycles. The van der Waals surface area contributed by atoms with E-state index in [1.807, 2.05) is 0 Å². The molecule has 0 bridgehead atoms. The van der Waals surface area contributed by atoms with Gasteiger partial charge in [-0.05, 0) is 6.92 Å². The van der Waals surface area contributed by atoms with Crippen molar-refractivity contribution in [2.24, 2.45) is 0 Å². The summed E-state index contributed by atoms with van der Waals surface area (Å²) in [5.41, 5.74) is -4.22. The van der Waals surface area contributed by atoms with Crippen molar-refractivity contribution >= 4 is 0 Å². The van der Waals surface area contributed by atoms with E-state index in [0.717, 1.165) is 7.05 Å². The Morgan fingerprint density at radius 3 is 1.56 bits per heavy atom. The van der Waals surface area contributed by atoms with Crippen molar-refractivity contribution in [1.29, 1.82) is 0 Å². The average molecular weight is 283 g/mol. The molecule has 1 nitrogen and oxygen atoms in total. The SMILES string of the molecule is C/C=C(/C(=C\NC)C(F)(F)F)C(F)(F)C(F)(F)F. The van der Waals surface area contributed by atoms with Crippen molar-refractivity contribution < 1.29 is 35.1 Å². The van der Waals surface area contributed by atoms with Crippen LogP contribution in [0, 0.1) is 0 Å². The Morgan fingerprint density at radius 1 is 0.889 bits per heavy atom. The zero-order valence-electron chi connectivity index (χ0n) is 9.18. The van der Waals surface area contributed by atoms with Crippen molar-refractivity contribution in [1.82, 2.24) is 5.32 Å². The lowest BCUT2D eigenvalue weighted by Gasteiger charge is -2.25. The van der Waals surface area contributed by atoms with Gasteiger partial charge in [0, 0.05) is 18.8 Å². The summed E-state index contributed by atoms with van der Waals surface area (Å²) in [6.07, 6.45) is -11.3. The lowest BCUT2D eigenvalue weighted by atomic mass is 9.99. The molecule has 18 heavy (non-hydrogen) atoms. The van der Waals surface area contributed by atoms with E-state index in [1.54, 1.807) is 5.32 Å². The standard InChI is InChI=1S/C9H9F8N/c1-3-5(7(10,11)9(15,16)17)6(4-18-2)8(12,13)14/h3-4,18H,1-2H3/b5-3-,6-4+. The summed E-state index contributed by atoms with van der Waals surface area (Å²) >= 11 is 0. The van der Waals surface area contributed by atoms with Gasteiger partial charge in [0.2, 0.25) is 0 Å². The molecule has 0 fully saturated rings. The number of halogens is 8. The van der Waals surface area contributed by atoms with Crippen LogP contribution in [0.4, 0.5) is 35.1 Å². The highest BCUT2D eigenvalue weighted by molar-refractivity contribution is 5.40. The first kappa shape index (κ1) is 16.7. The Kier molecular flexibility index (Phi) is 4.78. The molecule has 0 aliphatic rings. The zero-order chi connectivity index (χ0) is 14.8. The number of hydrogen-bond donors (Lipinski definition) is 1. The monoisotopic (exact) mass is 283 g/mol. The van der Waals surface area contributed by atoms with Gasteiger partial charge < -0.3 is 5.32 Å². The van der Waals surface area contributed by atoms with E-state index in [0.29, 0.717) is 6.92 Å². The summed E-state index contributed by atoms with van der Waals surface area (Å²) in [6, 6.07) is 0. The quantitative estimate of drug-likeness (QED) is 0.613. The van der Waals surface area contributed by atoms with Crippen molar-refractivity contribution in [3.05, 3.63) is 23.4 Å². The van der Waals surface area contributed by atoms with Crippen LogP contribution >= 0.6 is 0 Å². The lowest BCUT2D eigenvalue weighted by molar-refractivity contribution is -0.265. The summed E-state index contributed by atoms with van der Waals surface area (Å²) in [7, 11) is 0.949. The highest BCUT2D eigenvalue weighted by Crippen LogP contribution is 2.47. The molecule has 0 rings (SSSR count). The first-order valence-electron chi connectivity index (χ1n) is 4.46. The fourth-order valence-corrected chi connectivity index (χ4v) is 1.12. The number of alkyl halides is 8. The van der Waals surface area contributed by atoms with Crippen LogP contribution in [0.5, 0.6) is 0 Å². The van der Waals surface area contributed by atoms with Gasteiger partial charge in [-0.2, -0.15) is 35.1 Å². The normalized spacial score (nSPS) is 15.9. The second kappa shape index (κ2) is 5.15. The fourth-order valence-electron chi connectivity index (χ4n) is 1.12. The predicted octanol–water partition coefficient (Wildman–Crippen LogP) is 3.80. The second-order valence-electron chi connectivity index (χ2n) is 3.12. The maximum Gasteiger partial charge on any atom is 0.458 e. The van der Waals surface area contributed by atoms with Crippen molar-refractivity contribution in [2.45, 2.75) is 25.2 Å². The maximum absolute atomic E-state index is 12.9. The third-order valence-corrected chi connectivity index (χ3v) is 1.87. The van der Waals surface area contributed by atoms with Crippen LogP contribution in [0.25, 0.3) is 0 Å². The van der Waals surface area contributed by atoms with Gasteiger partial charge in [-0.1, -0.05) is 6.08 Å². The first-order valence-corrected chi connectivity index (χ1v) is 4.46. The lowest BCUT2D eigenvalue weighted by Crippen LogP contribution is -2.41. The summed E-state index contributed by atoms with van der Waals surface area (Å²) in [6.45, 7) is 0.671. The van der Waals surface area contributed by atoms with Gasteiger partial charge in [-0.3, -0.25) is 0 Å². The van der Waals surface area contributed by atoms with E-state index in [4.69, 9.17) is 0 Å². The average Bonchev–Trinajstić information content (AvgIpc) is 2.14. The minimum atomic E-state index is -6.10. The molecule has 0 aromatic carbocycles. The topological polar surface area (TPSA) is 12.0 Å². The van der Waals surface area contributed by atoms with Crippen molar-refractivity contribution in [3.8, 4) is 0 Å². The summed E-state index contributed by atoms with van der Waals surface area (Å²) < 4.78 is 99.3. The molecular formula is C9H9F8N. The van der Waals surface area contributed by atoms with Crippen LogP contribution in [-0.4, -0.2) is 25.3 Å². The predicted molar refractivity (Wildman–Crippen MR) is 48.0 cm³/mol. The van der Waals surface area contributed by atoms with E-state index in [2.05, 4.69) is 0 Å². The third-order valence-electron chi connectivity index (χ3n) is 1.87. The molecule has 0 saturated carbocycles. The largest absolute Gasteiger partial charge is 0.458 e. The van der Waals surface area contributed by atoms with Gasteiger partial charge in [-0.15, -0.1) is 0 Å². The van der Waals surface area contributed by atoms with Crippen LogP contribution in [0.3, 0.4) is 0 Å². The van der Waals surface area contributed by atoms with Gasteiger partial charge in [0.05, 0.1) is 5.57 Å². The van der Waals surface area contributed by atoms with E-state index in [9.17, 15) is 35.1 Å². The van der Waals surface area contributed by atoms with Gasteiger partial charge in [0.1, 0.15) is 0 Å².